The molecule has 0 aliphatic carbocycles. The van der Waals surface area contributed by atoms with Crippen molar-refractivity contribution < 1.29 is 19.1 Å². The number of carbonyl (C=O) groups is 2. The van der Waals surface area contributed by atoms with Crippen molar-refractivity contribution >= 4 is 17.5 Å². The number of hydrogen-bond donors (Lipinski definition) is 1. The number of carbonyl (C=O) groups excluding carboxylic acids is 2. The van der Waals surface area contributed by atoms with Gasteiger partial charge in [-0.1, -0.05) is 12.5 Å². The van der Waals surface area contributed by atoms with E-state index in [0.29, 0.717) is 23.4 Å². The number of benzene rings is 2. The Bertz CT molecular complexity index is 1020. The number of hydrogen-bond acceptors (Lipinski definition) is 5. The predicted molar refractivity (Wildman–Crippen MR) is 116 cm³/mol. The van der Waals surface area contributed by atoms with E-state index in [2.05, 4.69) is 17.1 Å². The van der Waals surface area contributed by atoms with Crippen molar-refractivity contribution in [1.82, 2.24) is 10.2 Å². The topological polar surface area (TPSA) is 71.1 Å². The van der Waals surface area contributed by atoms with Gasteiger partial charge < -0.3 is 24.6 Å². The van der Waals surface area contributed by atoms with Crippen molar-refractivity contribution in [1.29, 1.82) is 0 Å². The molecule has 31 heavy (non-hydrogen) atoms. The summed E-state index contributed by atoms with van der Waals surface area (Å²) in [6.07, 6.45) is 4.38. The van der Waals surface area contributed by atoms with Crippen molar-refractivity contribution in [2.24, 2.45) is 0 Å². The van der Waals surface area contributed by atoms with Crippen LogP contribution in [0.5, 0.6) is 11.5 Å². The summed E-state index contributed by atoms with van der Waals surface area (Å²) in [7, 11) is 0. The maximum atomic E-state index is 13.1. The average molecular weight is 421 g/mol. The van der Waals surface area contributed by atoms with Gasteiger partial charge in [0, 0.05) is 25.2 Å². The first-order valence-electron chi connectivity index (χ1n) is 11.0. The van der Waals surface area contributed by atoms with E-state index >= 15 is 0 Å². The molecule has 7 nitrogen and oxygen atoms in total. The van der Waals surface area contributed by atoms with Crippen LogP contribution in [0.3, 0.4) is 0 Å². The van der Waals surface area contributed by atoms with Crippen LogP contribution in [-0.2, 0) is 6.54 Å². The molecule has 3 aliphatic rings. The zero-order valence-electron chi connectivity index (χ0n) is 17.7. The fraction of sp³-hybridized carbons (Fsp3) is 0.417. The quantitative estimate of drug-likeness (QED) is 0.818. The number of fused-ring (bicyclic) bond motifs is 3. The monoisotopic (exact) mass is 421 g/mol. The average Bonchev–Trinajstić information content (AvgIpc) is 3.13. The van der Waals surface area contributed by atoms with Crippen LogP contribution >= 0.6 is 0 Å². The van der Waals surface area contributed by atoms with Gasteiger partial charge in [0.05, 0.1) is 11.3 Å². The van der Waals surface area contributed by atoms with Gasteiger partial charge in [0.15, 0.2) is 11.5 Å². The molecule has 0 spiro atoms. The lowest BCUT2D eigenvalue weighted by Gasteiger charge is -2.44. The van der Waals surface area contributed by atoms with E-state index in [-0.39, 0.29) is 24.8 Å². The van der Waals surface area contributed by atoms with E-state index in [1.807, 2.05) is 29.2 Å². The van der Waals surface area contributed by atoms with Crippen LogP contribution in [0.4, 0.5) is 5.69 Å². The van der Waals surface area contributed by atoms with Crippen molar-refractivity contribution in [3.63, 3.8) is 0 Å². The van der Waals surface area contributed by atoms with Crippen LogP contribution in [0.15, 0.2) is 36.4 Å². The molecule has 1 saturated heterocycles. The van der Waals surface area contributed by atoms with E-state index < -0.39 is 0 Å². The van der Waals surface area contributed by atoms with Crippen LogP contribution in [0, 0.1) is 0 Å². The molecular weight excluding hydrogens is 394 g/mol. The van der Waals surface area contributed by atoms with E-state index in [1.54, 1.807) is 12.1 Å². The summed E-state index contributed by atoms with van der Waals surface area (Å²) in [6.45, 7) is 4.32. The van der Waals surface area contributed by atoms with Gasteiger partial charge in [0.2, 0.25) is 6.79 Å². The first-order valence-corrected chi connectivity index (χ1v) is 11.0. The van der Waals surface area contributed by atoms with Gasteiger partial charge >= 0.3 is 0 Å². The maximum Gasteiger partial charge on any atom is 0.257 e. The van der Waals surface area contributed by atoms with Crippen LogP contribution in [0.1, 0.15) is 58.9 Å². The van der Waals surface area contributed by atoms with Gasteiger partial charge in [-0.2, -0.15) is 0 Å². The molecule has 5 rings (SSSR count). The number of rotatable bonds is 4. The number of ether oxygens (including phenoxy) is 2. The van der Waals surface area contributed by atoms with Gasteiger partial charge in [0.1, 0.15) is 6.17 Å². The molecule has 3 heterocycles. The van der Waals surface area contributed by atoms with Gasteiger partial charge in [-0.25, -0.2) is 0 Å². The van der Waals surface area contributed by atoms with Gasteiger partial charge in [0.25, 0.3) is 11.8 Å². The highest BCUT2D eigenvalue weighted by atomic mass is 16.7. The van der Waals surface area contributed by atoms with Gasteiger partial charge in [-0.3, -0.25) is 9.59 Å². The first-order chi connectivity index (χ1) is 15.2. The predicted octanol–water partition coefficient (Wildman–Crippen LogP) is 3.53. The first kappa shape index (κ1) is 19.7. The lowest BCUT2D eigenvalue weighted by Crippen LogP contribution is -2.55. The fourth-order valence-corrected chi connectivity index (χ4v) is 4.77. The largest absolute Gasteiger partial charge is 0.454 e. The fourth-order valence-electron chi connectivity index (χ4n) is 4.77. The van der Waals surface area contributed by atoms with Gasteiger partial charge in [-0.05, 0) is 62.1 Å². The van der Waals surface area contributed by atoms with Crippen molar-refractivity contribution in [2.75, 3.05) is 24.8 Å². The molecule has 0 radical (unpaired) electrons. The summed E-state index contributed by atoms with van der Waals surface area (Å²) >= 11 is 0. The molecule has 2 amide bonds. The molecule has 1 N–H and O–H groups in total. The number of nitrogens with zero attached hydrogens (tertiary/aromatic N) is 2. The normalized spacial score (nSPS) is 19.5. The van der Waals surface area contributed by atoms with Gasteiger partial charge in [-0.15, -0.1) is 0 Å². The van der Waals surface area contributed by atoms with Crippen LogP contribution in [-0.4, -0.2) is 42.8 Å². The third-order valence-corrected chi connectivity index (χ3v) is 6.37. The zero-order chi connectivity index (χ0) is 21.4. The minimum Gasteiger partial charge on any atom is -0.454 e. The highest BCUT2D eigenvalue weighted by molar-refractivity contribution is 6.04. The maximum absolute atomic E-state index is 13.1. The van der Waals surface area contributed by atoms with E-state index in [9.17, 15) is 9.59 Å². The third-order valence-electron chi connectivity index (χ3n) is 6.37. The second-order valence-electron chi connectivity index (χ2n) is 8.22. The molecule has 0 saturated carbocycles. The number of nitrogens with one attached hydrogen (secondary N) is 1. The smallest absolute Gasteiger partial charge is 0.257 e. The third kappa shape index (κ3) is 3.58. The summed E-state index contributed by atoms with van der Waals surface area (Å²) in [5.74, 6) is 1.35. The summed E-state index contributed by atoms with van der Waals surface area (Å²) in [6, 6.07) is 11.1. The molecule has 2 aromatic rings. The molecule has 3 aliphatic heterocycles. The van der Waals surface area contributed by atoms with Crippen LogP contribution in [0.25, 0.3) is 0 Å². The standard InChI is InChI=1S/C24H27N3O4/c1-2-26-19-13-17(8-9-18(19)24(29)27-11-5-3-4-6-22(26)27)23(28)25-14-16-7-10-20-21(12-16)31-15-30-20/h7-10,12-13,22H,2-6,11,14-15H2,1H3,(H,25,28)/t22-/m1/s1. The summed E-state index contributed by atoms with van der Waals surface area (Å²) < 4.78 is 10.7. The van der Waals surface area contributed by atoms with Crippen molar-refractivity contribution in [2.45, 2.75) is 45.3 Å². The Labute approximate surface area is 181 Å². The second-order valence-corrected chi connectivity index (χ2v) is 8.22. The SMILES string of the molecule is CCN1c2cc(C(=O)NCc3ccc4c(c3)OCO4)ccc2C(=O)N2CCCCC[C@@H]21. The van der Waals surface area contributed by atoms with E-state index in [4.69, 9.17) is 9.47 Å². The Morgan fingerprint density at radius 3 is 2.84 bits per heavy atom. The molecule has 1 fully saturated rings. The Hall–Kier alpha value is -3.22. The summed E-state index contributed by atoms with van der Waals surface area (Å²) in [5, 5.41) is 2.97. The molecule has 0 aromatic heterocycles. The minimum absolute atomic E-state index is 0.0823. The van der Waals surface area contributed by atoms with Crippen molar-refractivity contribution in [3.05, 3.63) is 53.1 Å². The van der Waals surface area contributed by atoms with Crippen LogP contribution in [0.2, 0.25) is 0 Å². The van der Waals surface area contributed by atoms with E-state index in [1.165, 1.54) is 0 Å². The number of amides is 2. The molecule has 7 heteroatoms. The zero-order valence-corrected chi connectivity index (χ0v) is 17.7. The second kappa shape index (κ2) is 8.13. The molecule has 0 bridgehead atoms. The molecule has 162 valence electrons. The van der Waals surface area contributed by atoms with E-state index in [0.717, 1.165) is 55.8 Å². The lowest BCUT2D eigenvalue weighted by molar-refractivity contribution is 0.0656. The Kier molecular flexibility index (Phi) is 5.18. The Morgan fingerprint density at radius 2 is 1.97 bits per heavy atom. The summed E-state index contributed by atoms with van der Waals surface area (Å²) in [5.41, 5.74) is 3.06. The lowest BCUT2D eigenvalue weighted by atomic mass is 10.0. The highest BCUT2D eigenvalue weighted by Crippen LogP contribution is 2.35. The molecule has 2 aromatic carbocycles. The van der Waals surface area contributed by atoms with Crippen LogP contribution < -0.4 is 19.7 Å². The number of anilines is 1. The molecule has 1 atom stereocenters. The van der Waals surface area contributed by atoms with Crippen molar-refractivity contribution in [3.8, 4) is 11.5 Å². The molecular formula is C24H27N3O4. The highest BCUT2D eigenvalue weighted by Gasteiger charge is 2.37. The summed E-state index contributed by atoms with van der Waals surface area (Å²) in [4.78, 5) is 30.3. The minimum atomic E-state index is -0.160. The Balaban J connectivity index is 1.36. The Morgan fingerprint density at radius 1 is 1.10 bits per heavy atom. The molecule has 0 unspecified atom stereocenters.